The van der Waals surface area contributed by atoms with Crippen LogP contribution in [0.4, 0.5) is 0 Å². The van der Waals surface area contributed by atoms with Gasteiger partial charge in [-0.1, -0.05) is 40.0 Å². The maximum Gasteiger partial charge on any atom is 0.319 e. The number of nitrogens with zero attached hydrogens (tertiary/aromatic N) is 2. The maximum absolute atomic E-state index is 7.56. The maximum atomic E-state index is 7.56. The largest absolute Gasteiger partial charge is 0.464 e. The van der Waals surface area contributed by atoms with Crippen LogP contribution in [-0.2, 0) is 23.6 Å². The van der Waals surface area contributed by atoms with E-state index in [-0.39, 0.29) is 6.61 Å². The zero-order valence-corrected chi connectivity index (χ0v) is 18.8. The van der Waals surface area contributed by atoms with Gasteiger partial charge in [-0.3, -0.25) is 0 Å². The molecule has 1 aromatic rings. The van der Waals surface area contributed by atoms with Gasteiger partial charge in [0.15, 0.2) is 6.61 Å². The highest BCUT2D eigenvalue weighted by molar-refractivity contribution is 8.06. The summed E-state index contributed by atoms with van der Waals surface area (Å²) >= 11 is 7.21. The van der Waals surface area contributed by atoms with Crippen molar-refractivity contribution in [2.24, 2.45) is 0 Å². The van der Waals surface area contributed by atoms with Crippen LogP contribution in [0.5, 0.6) is 5.88 Å². The van der Waals surface area contributed by atoms with Gasteiger partial charge in [0.05, 0.1) is 0 Å². The van der Waals surface area contributed by atoms with Crippen molar-refractivity contribution in [3.63, 3.8) is 0 Å². The molecule has 0 amide bonds. The first-order valence-corrected chi connectivity index (χ1v) is 12.5. The van der Waals surface area contributed by atoms with Crippen molar-refractivity contribution in [2.75, 3.05) is 6.61 Å². The van der Waals surface area contributed by atoms with E-state index in [0.29, 0.717) is 5.88 Å². The summed E-state index contributed by atoms with van der Waals surface area (Å²) in [7, 11) is 0. The summed E-state index contributed by atoms with van der Waals surface area (Å²) < 4.78 is 5.05. The molecule has 9 nitrogen and oxygen atoms in total. The summed E-state index contributed by atoms with van der Waals surface area (Å²) in [5.74, 6) is 2.88. The van der Waals surface area contributed by atoms with E-state index in [0.717, 1.165) is 5.69 Å². The molecule has 0 fully saturated rings. The van der Waals surface area contributed by atoms with Crippen molar-refractivity contribution in [2.45, 2.75) is 41.0 Å². The minimum atomic E-state index is -3.81. The molecule has 13 heteroatoms. The van der Waals surface area contributed by atoms with Crippen LogP contribution >= 0.6 is 13.4 Å². The first-order chi connectivity index (χ1) is 11.7. The molecule has 0 spiro atoms. The lowest BCUT2D eigenvalue weighted by Crippen LogP contribution is -1.96. The number of hydrogen-bond donors (Lipinski definition) is 6. The number of ether oxygens (including phenoxy) is 1. The van der Waals surface area contributed by atoms with Crippen LogP contribution in [0.25, 0.3) is 0 Å². The summed E-state index contributed by atoms with van der Waals surface area (Å²) in [5.41, 5.74) is 0.868. The average molecular weight is 450 g/mol. The van der Waals surface area contributed by atoms with Gasteiger partial charge in [0.1, 0.15) is 6.33 Å². The molecule has 0 saturated carbocycles. The standard InChI is InChI=1S/C8H8N2O.C3H8.C2H6.2H3O3PS/c1-3-4-11-8-5-7(2)9-6-10-8;1-3-2;1-2;2*1-4(2,3)5/h1,5-6H,4H2,2H3;3H2,1-2H3;1-2H3;2*(H3,1,2,3,5). The quantitative estimate of drug-likeness (QED) is 0.287. The van der Waals surface area contributed by atoms with E-state index >= 15 is 0 Å². The van der Waals surface area contributed by atoms with Crippen LogP contribution in [0.15, 0.2) is 12.4 Å². The van der Waals surface area contributed by atoms with Crippen LogP contribution < -0.4 is 4.74 Å². The van der Waals surface area contributed by atoms with Crippen molar-refractivity contribution in [3.05, 3.63) is 18.1 Å². The van der Waals surface area contributed by atoms with E-state index in [1.807, 2.05) is 20.8 Å². The molecular formula is C13H28N2O7P2S2. The zero-order chi connectivity index (χ0) is 21.8. The highest BCUT2D eigenvalue weighted by Gasteiger charge is 1.93. The molecule has 0 aromatic carbocycles. The Bertz CT molecular complexity index is 537. The van der Waals surface area contributed by atoms with E-state index in [1.54, 1.807) is 6.07 Å². The third-order valence-corrected chi connectivity index (χ3v) is 1.08. The molecule has 0 saturated heterocycles. The molecule has 1 heterocycles. The van der Waals surface area contributed by atoms with Crippen molar-refractivity contribution < 1.29 is 34.1 Å². The summed E-state index contributed by atoms with van der Waals surface area (Å²) in [6.45, 7) is 2.75. The summed E-state index contributed by atoms with van der Waals surface area (Å²) in [5, 5.41) is 0. The van der Waals surface area contributed by atoms with Gasteiger partial charge in [-0.05, 0) is 30.5 Å². The molecule has 0 aliphatic carbocycles. The number of hydrogen-bond acceptors (Lipinski definition) is 5. The van der Waals surface area contributed by atoms with Crippen LogP contribution in [0, 0.1) is 19.3 Å². The van der Waals surface area contributed by atoms with Gasteiger partial charge in [-0.15, -0.1) is 6.42 Å². The Labute approximate surface area is 165 Å². The Morgan fingerprint density at radius 1 is 1.04 bits per heavy atom. The molecule has 6 N–H and O–H groups in total. The molecule has 0 radical (unpaired) electrons. The summed E-state index contributed by atoms with van der Waals surface area (Å²) in [6.07, 6.45) is 7.69. The highest BCUT2D eigenvalue weighted by atomic mass is 32.5. The minimum Gasteiger partial charge on any atom is -0.464 e. The Morgan fingerprint density at radius 2 is 1.38 bits per heavy atom. The van der Waals surface area contributed by atoms with Gasteiger partial charge in [0, 0.05) is 11.8 Å². The van der Waals surface area contributed by atoms with E-state index in [2.05, 4.69) is 53.3 Å². The first-order valence-electron chi connectivity index (χ1n) is 7.16. The second-order valence-electron chi connectivity index (χ2n) is 3.72. The van der Waals surface area contributed by atoms with Gasteiger partial charge >= 0.3 is 13.4 Å². The SMILES string of the molecule is C#CCOc1cc(C)ncn1.CC.CCC.OP(O)(O)=S.OP(O)(O)=S. The smallest absolute Gasteiger partial charge is 0.319 e. The molecular weight excluding hydrogens is 422 g/mol. The van der Waals surface area contributed by atoms with E-state index < -0.39 is 13.4 Å². The summed E-state index contributed by atoms with van der Waals surface area (Å²) in [4.78, 5) is 53.1. The molecule has 26 heavy (non-hydrogen) atoms. The van der Waals surface area contributed by atoms with Crippen molar-refractivity contribution in [3.8, 4) is 18.2 Å². The lowest BCUT2D eigenvalue weighted by atomic mass is 10.4. The lowest BCUT2D eigenvalue weighted by Gasteiger charge is -1.99. The number of aryl methyl sites for hydroxylation is 1. The molecule has 1 aromatic heterocycles. The predicted molar refractivity (Wildman–Crippen MR) is 110 cm³/mol. The first kappa shape index (κ1) is 33.1. The molecule has 0 aliphatic rings. The Morgan fingerprint density at radius 3 is 1.65 bits per heavy atom. The monoisotopic (exact) mass is 450 g/mol. The highest BCUT2D eigenvalue weighted by Crippen LogP contribution is 2.26. The fraction of sp³-hybridized carbons (Fsp3) is 0.538. The van der Waals surface area contributed by atoms with Gasteiger partial charge in [0.2, 0.25) is 5.88 Å². The fourth-order valence-corrected chi connectivity index (χ4v) is 0.625. The second-order valence-corrected chi connectivity index (χ2v) is 8.72. The Balaban J connectivity index is -0.000000137. The van der Waals surface area contributed by atoms with E-state index in [1.165, 1.54) is 12.7 Å². The van der Waals surface area contributed by atoms with Crippen LogP contribution in [0.2, 0.25) is 0 Å². The van der Waals surface area contributed by atoms with Crippen LogP contribution in [0.3, 0.4) is 0 Å². The van der Waals surface area contributed by atoms with Crippen LogP contribution in [-0.4, -0.2) is 45.9 Å². The number of aromatic nitrogens is 2. The Hall–Kier alpha value is -0.500. The predicted octanol–water partition coefficient (Wildman–Crippen LogP) is 1.62. The fourth-order valence-electron chi connectivity index (χ4n) is 0.625. The van der Waals surface area contributed by atoms with Gasteiger partial charge in [-0.25, -0.2) is 9.97 Å². The molecule has 0 unspecified atom stereocenters. The molecule has 154 valence electrons. The van der Waals surface area contributed by atoms with Crippen molar-refractivity contribution in [1.29, 1.82) is 0 Å². The van der Waals surface area contributed by atoms with Gasteiger partial charge in [0.25, 0.3) is 0 Å². The van der Waals surface area contributed by atoms with Crippen molar-refractivity contribution in [1.82, 2.24) is 9.97 Å². The normalized spacial score (nSPS) is 9.15. The zero-order valence-electron chi connectivity index (χ0n) is 15.3. The minimum absolute atomic E-state index is 0.246. The number of terminal acetylenes is 1. The van der Waals surface area contributed by atoms with E-state index in [9.17, 15) is 0 Å². The number of rotatable bonds is 2. The van der Waals surface area contributed by atoms with Crippen LogP contribution in [0.1, 0.15) is 39.8 Å². The lowest BCUT2D eigenvalue weighted by molar-refractivity contribution is 0.354. The van der Waals surface area contributed by atoms with Gasteiger partial charge < -0.3 is 34.1 Å². The second kappa shape index (κ2) is 20.8. The molecule has 0 atom stereocenters. The third kappa shape index (κ3) is 65.3. The third-order valence-electron chi connectivity index (χ3n) is 1.08. The Kier molecular flexibility index (Phi) is 26.5. The molecule has 0 aliphatic heterocycles. The van der Waals surface area contributed by atoms with Crippen molar-refractivity contribution >= 4 is 37.1 Å². The van der Waals surface area contributed by atoms with Gasteiger partial charge in [-0.2, -0.15) is 0 Å². The molecule has 1 rings (SSSR count). The summed E-state index contributed by atoms with van der Waals surface area (Å²) in [6, 6.07) is 1.73. The van der Waals surface area contributed by atoms with E-state index in [4.69, 9.17) is 40.5 Å². The molecule has 0 bridgehead atoms. The average Bonchev–Trinajstić information content (AvgIpc) is 2.45. The topological polar surface area (TPSA) is 156 Å².